The predicted molar refractivity (Wildman–Crippen MR) is 128 cm³/mol. The van der Waals surface area contributed by atoms with Gasteiger partial charge in [0.25, 0.3) is 5.91 Å². The Morgan fingerprint density at radius 1 is 1.10 bits per heavy atom. The lowest BCUT2D eigenvalue weighted by molar-refractivity contribution is -0.139. The number of carbonyl (C=O) groups is 2. The molecule has 0 aliphatic carbocycles. The number of carbonyl (C=O) groups excluding carboxylic acids is 1. The summed E-state index contributed by atoms with van der Waals surface area (Å²) in [4.78, 5) is 29.8. The summed E-state index contributed by atoms with van der Waals surface area (Å²) >= 11 is 3.23. The highest BCUT2D eigenvalue weighted by atomic mass is 32.2. The summed E-state index contributed by atoms with van der Waals surface area (Å²) in [6, 6.07) is 18.4. The van der Waals surface area contributed by atoms with E-state index in [-0.39, 0.29) is 5.91 Å². The van der Waals surface area contributed by atoms with Crippen molar-refractivity contribution in [2.24, 2.45) is 0 Å². The number of hydrogen-bond donors (Lipinski definition) is 2. The zero-order chi connectivity index (χ0) is 22.1. The van der Waals surface area contributed by atoms with Crippen LogP contribution in [0.3, 0.4) is 0 Å². The third kappa shape index (κ3) is 6.60. The summed E-state index contributed by atoms with van der Waals surface area (Å²) < 4.78 is 0. The molecule has 1 atom stereocenters. The molecule has 2 aromatic carbocycles. The molecule has 2 N–H and O–H groups in total. The lowest BCUT2D eigenvalue weighted by Gasteiger charge is -2.17. The molecule has 3 rings (SSSR count). The van der Waals surface area contributed by atoms with Crippen LogP contribution in [-0.2, 0) is 10.5 Å². The summed E-state index contributed by atoms with van der Waals surface area (Å²) in [6.45, 7) is 0. The highest BCUT2D eigenvalue weighted by molar-refractivity contribution is 7.98. The molecular weight excluding hydrogens is 428 g/mol. The standard InChI is InChI=1S/C24H24N2O3S2/c1-30-13-11-22(24(28)29)26-23(27)20-10-9-17(16-31-19-8-5-12-25-15-19)14-21(20)18-6-3-2-4-7-18/h2-10,12,14-15,22H,11,13,16H2,1H3,(H,26,27)(H,28,29)/t22-/m0/s1. The van der Waals surface area contributed by atoms with Crippen LogP contribution in [0.1, 0.15) is 22.3 Å². The van der Waals surface area contributed by atoms with Gasteiger partial charge in [-0.3, -0.25) is 9.78 Å². The molecule has 0 aliphatic heterocycles. The van der Waals surface area contributed by atoms with Gasteiger partial charge in [0.2, 0.25) is 0 Å². The molecule has 0 spiro atoms. The van der Waals surface area contributed by atoms with Gasteiger partial charge < -0.3 is 10.4 Å². The Morgan fingerprint density at radius 2 is 1.90 bits per heavy atom. The zero-order valence-electron chi connectivity index (χ0n) is 17.2. The zero-order valence-corrected chi connectivity index (χ0v) is 18.8. The fraction of sp³-hybridized carbons (Fsp3) is 0.208. The number of rotatable bonds is 10. The van der Waals surface area contributed by atoms with E-state index in [4.69, 9.17) is 0 Å². The molecule has 0 fully saturated rings. The van der Waals surface area contributed by atoms with Gasteiger partial charge >= 0.3 is 5.97 Å². The minimum absolute atomic E-state index is 0.376. The van der Waals surface area contributed by atoms with Crippen LogP contribution < -0.4 is 5.32 Å². The largest absolute Gasteiger partial charge is 0.480 e. The predicted octanol–water partition coefficient (Wildman–Crippen LogP) is 4.98. The molecule has 160 valence electrons. The SMILES string of the molecule is CSCC[C@H](NC(=O)c1ccc(CSc2cccnc2)cc1-c1ccccc1)C(=O)O. The molecule has 1 amide bonds. The number of benzene rings is 2. The summed E-state index contributed by atoms with van der Waals surface area (Å²) in [7, 11) is 0. The second kappa shape index (κ2) is 11.6. The van der Waals surface area contributed by atoms with Crippen molar-refractivity contribution in [2.75, 3.05) is 12.0 Å². The van der Waals surface area contributed by atoms with Crippen molar-refractivity contribution < 1.29 is 14.7 Å². The first-order valence-corrected chi connectivity index (χ1v) is 12.2. The maximum absolute atomic E-state index is 13.0. The molecular formula is C24H24N2O3S2. The molecule has 0 aliphatic rings. The van der Waals surface area contributed by atoms with E-state index in [2.05, 4.69) is 10.3 Å². The number of aromatic nitrogens is 1. The van der Waals surface area contributed by atoms with E-state index in [0.717, 1.165) is 27.3 Å². The number of hydrogen-bond acceptors (Lipinski definition) is 5. The Hall–Kier alpha value is -2.77. The van der Waals surface area contributed by atoms with Crippen molar-refractivity contribution in [3.8, 4) is 11.1 Å². The van der Waals surface area contributed by atoms with Gasteiger partial charge in [-0.2, -0.15) is 11.8 Å². The minimum atomic E-state index is -1.02. The van der Waals surface area contributed by atoms with E-state index >= 15 is 0 Å². The smallest absolute Gasteiger partial charge is 0.326 e. The number of aliphatic carboxylic acids is 1. The molecule has 0 saturated carbocycles. The van der Waals surface area contributed by atoms with Crippen LogP contribution in [0.25, 0.3) is 11.1 Å². The van der Waals surface area contributed by atoms with E-state index in [1.54, 1.807) is 35.8 Å². The Kier molecular flexibility index (Phi) is 8.55. The van der Waals surface area contributed by atoms with Crippen LogP contribution in [0.4, 0.5) is 0 Å². The molecule has 1 aromatic heterocycles. The van der Waals surface area contributed by atoms with Gasteiger partial charge in [0.15, 0.2) is 0 Å². The molecule has 31 heavy (non-hydrogen) atoms. The lowest BCUT2D eigenvalue weighted by Crippen LogP contribution is -2.41. The molecule has 5 nitrogen and oxygen atoms in total. The monoisotopic (exact) mass is 452 g/mol. The van der Waals surface area contributed by atoms with Crippen molar-refractivity contribution in [2.45, 2.75) is 23.1 Å². The van der Waals surface area contributed by atoms with Crippen molar-refractivity contribution in [3.63, 3.8) is 0 Å². The molecule has 0 saturated heterocycles. The molecule has 7 heteroatoms. The third-order valence-corrected chi connectivity index (χ3v) is 6.36. The molecule has 0 radical (unpaired) electrons. The first-order valence-electron chi connectivity index (χ1n) is 9.82. The van der Waals surface area contributed by atoms with Crippen LogP contribution in [0.2, 0.25) is 0 Å². The Balaban J connectivity index is 1.86. The van der Waals surface area contributed by atoms with Crippen molar-refractivity contribution in [1.82, 2.24) is 10.3 Å². The number of pyridine rings is 1. The number of thioether (sulfide) groups is 2. The van der Waals surface area contributed by atoms with Crippen molar-refractivity contribution in [1.29, 1.82) is 0 Å². The van der Waals surface area contributed by atoms with E-state index in [9.17, 15) is 14.7 Å². The number of nitrogens with zero attached hydrogens (tertiary/aromatic N) is 1. The topological polar surface area (TPSA) is 79.3 Å². The van der Waals surface area contributed by atoms with Gasteiger partial charge in [0, 0.05) is 28.6 Å². The summed E-state index contributed by atoms with van der Waals surface area (Å²) in [5, 5.41) is 12.2. The Morgan fingerprint density at radius 3 is 2.58 bits per heavy atom. The van der Waals surface area contributed by atoms with Gasteiger partial charge in [-0.25, -0.2) is 4.79 Å². The van der Waals surface area contributed by atoms with Crippen LogP contribution >= 0.6 is 23.5 Å². The number of nitrogens with one attached hydrogen (secondary N) is 1. The molecule has 0 unspecified atom stereocenters. The lowest BCUT2D eigenvalue weighted by atomic mass is 9.97. The summed E-state index contributed by atoms with van der Waals surface area (Å²) in [6.07, 6.45) is 5.86. The van der Waals surface area contributed by atoms with Gasteiger partial charge in [-0.15, -0.1) is 11.8 Å². The van der Waals surface area contributed by atoms with Crippen molar-refractivity contribution in [3.05, 3.63) is 84.2 Å². The second-order valence-corrected chi connectivity index (χ2v) is 8.90. The van der Waals surface area contributed by atoms with E-state index in [1.165, 1.54) is 0 Å². The maximum Gasteiger partial charge on any atom is 0.326 e. The van der Waals surface area contributed by atoms with Gasteiger partial charge in [-0.1, -0.05) is 36.4 Å². The van der Waals surface area contributed by atoms with E-state index < -0.39 is 12.0 Å². The van der Waals surface area contributed by atoms with Gasteiger partial charge in [-0.05, 0) is 59.4 Å². The fourth-order valence-corrected chi connectivity index (χ4v) is 4.36. The van der Waals surface area contributed by atoms with Gasteiger partial charge in [0.1, 0.15) is 6.04 Å². The minimum Gasteiger partial charge on any atom is -0.480 e. The molecule has 0 bridgehead atoms. The first-order chi connectivity index (χ1) is 15.1. The van der Waals surface area contributed by atoms with Crippen LogP contribution in [0.15, 0.2) is 78.0 Å². The van der Waals surface area contributed by atoms with Gasteiger partial charge in [0.05, 0.1) is 0 Å². The normalized spacial score (nSPS) is 11.6. The number of carboxylic acids is 1. The van der Waals surface area contributed by atoms with E-state index in [0.29, 0.717) is 17.7 Å². The van der Waals surface area contributed by atoms with Crippen LogP contribution in [-0.4, -0.2) is 40.0 Å². The van der Waals surface area contributed by atoms with E-state index in [1.807, 2.05) is 67.0 Å². The van der Waals surface area contributed by atoms with Crippen LogP contribution in [0, 0.1) is 0 Å². The highest BCUT2D eigenvalue weighted by Gasteiger charge is 2.22. The summed E-state index contributed by atoms with van der Waals surface area (Å²) in [5.41, 5.74) is 3.24. The quantitative estimate of drug-likeness (QED) is 0.423. The van der Waals surface area contributed by atoms with Crippen molar-refractivity contribution >= 4 is 35.4 Å². The second-order valence-electron chi connectivity index (χ2n) is 6.87. The maximum atomic E-state index is 13.0. The summed E-state index contributed by atoms with van der Waals surface area (Å²) in [5.74, 6) is -0.00129. The average Bonchev–Trinajstić information content (AvgIpc) is 2.81. The average molecular weight is 453 g/mol. The number of amides is 1. The Labute approximate surface area is 190 Å². The van der Waals surface area contributed by atoms with Crippen LogP contribution in [0.5, 0.6) is 0 Å². The Bertz CT molecular complexity index is 1010. The third-order valence-electron chi connectivity index (χ3n) is 4.67. The fourth-order valence-electron chi connectivity index (χ4n) is 3.06. The molecule has 3 aromatic rings. The molecule has 1 heterocycles. The highest BCUT2D eigenvalue weighted by Crippen LogP contribution is 2.29. The first kappa shape index (κ1) is 22.9. The number of carboxylic acid groups (broad SMARTS) is 1.